The van der Waals surface area contributed by atoms with Gasteiger partial charge in [0.05, 0.1) is 6.04 Å². The third-order valence-electron chi connectivity index (χ3n) is 4.43. The fourth-order valence-corrected chi connectivity index (χ4v) is 3.21. The monoisotopic (exact) mass is 315 g/mol. The molecule has 0 heterocycles. The summed E-state index contributed by atoms with van der Waals surface area (Å²) in [6, 6.07) is 33.1. The number of hydrogen-bond acceptors (Lipinski definition) is 1. The molecule has 0 atom stereocenters. The highest BCUT2D eigenvalue weighted by Gasteiger charge is 2.24. The van der Waals surface area contributed by atoms with Crippen LogP contribution in [-0.4, -0.2) is 10.9 Å². The normalized spacial score (nSPS) is 11.4. The minimum atomic E-state index is 0.257. The molecule has 0 saturated carbocycles. The summed E-state index contributed by atoms with van der Waals surface area (Å²) in [4.78, 5) is 2.57. The second-order valence-corrected chi connectivity index (χ2v) is 6.48. The van der Waals surface area contributed by atoms with E-state index in [2.05, 4.69) is 110 Å². The summed E-state index contributed by atoms with van der Waals surface area (Å²) < 4.78 is 0. The summed E-state index contributed by atoms with van der Waals surface area (Å²) in [6.45, 7) is 5.50. The average molecular weight is 315 g/mol. The Bertz CT molecular complexity index is 680. The van der Waals surface area contributed by atoms with Gasteiger partial charge in [-0.2, -0.15) is 0 Å². The van der Waals surface area contributed by atoms with Gasteiger partial charge >= 0.3 is 0 Å². The van der Waals surface area contributed by atoms with Crippen molar-refractivity contribution in [2.45, 2.75) is 32.5 Å². The van der Waals surface area contributed by atoms with Crippen LogP contribution in [0.3, 0.4) is 0 Å². The van der Waals surface area contributed by atoms with Crippen LogP contribution in [-0.2, 0) is 6.54 Å². The van der Waals surface area contributed by atoms with Crippen LogP contribution < -0.4 is 0 Å². The first-order valence-electron chi connectivity index (χ1n) is 8.65. The molecule has 3 aromatic rings. The molecule has 122 valence electrons. The molecule has 0 spiro atoms. The summed E-state index contributed by atoms with van der Waals surface area (Å²) in [6.07, 6.45) is 0. The molecule has 0 fully saturated rings. The van der Waals surface area contributed by atoms with E-state index in [4.69, 9.17) is 0 Å². The summed E-state index contributed by atoms with van der Waals surface area (Å²) in [5, 5.41) is 0. The Balaban J connectivity index is 2.01. The van der Waals surface area contributed by atoms with Gasteiger partial charge in [0.2, 0.25) is 0 Å². The lowest BCUT2D eigenvalue weighted by molar-refractivity contribution is 0.168. The van der Waals surface area contributed by atoms with Gasteiger partial charge in [0, 0.05) is 12.6 Å². The average Bonchev–Trinajstić information content (AvgIpc) is 2.64. The fourth-order valence-electron chi connectivity index (χ4n) is 3.21. The Morgan fingerprint density at radius 1 is 0.625 bits per heavy atom. The number of nitrogens with zero attached hydrogens (tertiary/aromatic N) is 1. The molecule has 0 aliphatic rings. The van der Waals surface area contributed by atoms with Gasteiger partial charge in [0.15, 0.2) is 0 Å². The van der Waals surface area contributed by atoms with E-state index in [0.717, 1.165) is 6.54 Å². The van der Waals surface area contributed by atoms with Gasteiger partial charge in [-0.05, 0) is 30.5 Å². The van der Waals surface area contributed by atoms with Gasteiger partial charge in [0.25, 0.3) is 0 Å². The van der Waals surface area contributed by atoms with Gasteiger partial charge in [-0.15, -0.1) is 0 Å². The molecule has 24 heavy (non-hydrogen) atoms. The van der Waals surface area contributed by atoms with Crippen molar-refractivity contribution in [3.63, 3.8) is 0 Å². The van der Waals surface area contributed by atoms with E-state index in [1.165, 1.54) is 16.7 Å². The molecular formula is C23H25N. The molecule has 0 aliphatic heterocycles. The lowest BCUT2D eigenvalue weighted by Gasteiger charge is -2.36. The predicted molar refractivity (Wildman–Crippen MR) is 102 cm³/mol. The quantitative estimate of drug-likeness (QED) is 0.565. The zero-order chi connectivity index (χ0) is 16.8. The fraction of sp³-hybridized carbons (Fsp3) is 0.217. The van der Waals surface area contributed by atoms with Crippen LogP contribution in [0.1, 0.15) is 36.6 Å². The number of benzene rings is 3. The van der Waals surface area contributed by atoms with Gasteiger partial charge in [-0.1, -0.05) is 91.0 Å². The van der Waals surface area contributed by atoms with Crippen molar-refractivity contribution in [3.05, 3.63) is 108 Å². The van der Waals surface area contributed by atoms with Crippen LogP contribution in [0.4, 0.5) is 0 Å². The molecule has 0 saturated heterocycles. The molecule has 0 aliphatic carbocycles. The van der Waals surface area contributed by atoms with Crippen molar-refractivity contribution in [1.82, 2.24) is 4.90 Å². The molecule has 1 heteroatoms. The van der Waals surface area contributed by atoms with Crippen LogP contribution in [0.15, 0.2) is 91.0 Å². The minimum absolute atomic E-state index is 0.257. The predicted octanol–water partition coefficient (Wildman–Crippen LogP) is 5.69. The van der Waals surface area contributed by atoms with Crippen molar-refractivity contribution < 1.29 is 0 Å². The molecule has 0 amide bonds. The number of hydrogen-bond donors (Lipinski definition) is 0. The topological polar surface area (TPSA) is 3.24 Å². The first-order chi connectivity index (χ1) is 11.8. The molecule has 0 aromatic heterocycles. The lowest BCUT2D eigenvalue weighted by Crippen LogP contribution is -2.35. The molecule has 0 unspecified atom stereocenters. The highest BCUT2D eigenvalue weighted by atomic mass is 15.2. The van der Waals surface area contributed by atoms with Crippen molar-refractivity contribution in [2.24, 2.45) is 0 Å². The van der Waals surface area contributed by atoms with E-state index in [9.17, 15) is 0 Å². The van der Waals surface area contributed by atoms with E-state index >= 15 is 0 Å². The van der Waals surface area contributed by atoms with Crippen LogP contribution in [0.2, 0.25) is 0 Å². The molecule has 3 rings (SSSR count). The van der Waals surface area contributed by atoms with Gasteiger partial charge in [-0.3, -0.25) is 4.90 Å². The van der Waals surface area contributed by atoms with Crippen LogP contribution >= 0.6 is 0 Å². The zero-order valence-corrected chi connectivity index (χ0v) is 14.5. The van der Waals surface area contributed by atoms with E-state index in [-0.39, 0.29) is 6.04 Å². The van der Waals surface area contributed by atoms with E-state index < -0.39 is 0 Å². The van der Waals surface area contributed by atoms with Crippen molar-refractivity contribution >= 4 is 0 Å². The minimum Gasteiger partial charge on any atom is -0.286 e. The largest absolute Gasteiger partial charge is 0.286 e. The van der Waals surface area contributed by atoms with Crippen LogP contribution in [0, 0.1) is 0 Å². The summed E-state index contributed by atoms with van der Waals surface area (Å²) in [5.74, 6) is 0. The Morgan fingerprint density at radius 3 is 1.46 bits per heavy atom. The van der Waals surface area contributed by atoms with Gasteiger partial charge in [-0.25, -0.2) is 0 Å². The van der Waals surface area contributed by atoms with Crippen molar-refractivity contribution in [1.29, 1.82) is 0 Å². The third-order valence-corrected chi connectivity index (χ3v) is 4.43. The molecular weight excluding hydrogens is 290 g/mol. The van der Waals surface area contributed by atoms with Crippen molar-refractivity contribution in [3.8, 4) is 0 Å². The maximum absolute atomic E-state index is 2.57. The molecule has 0 N–H and O–H groups in total. The van der Waals surface area contributed by atoms with E-state index in [1.54, 1.807) is 0 Å². The summed E-state index contributed by atoms with van der Waals surface area (Å²) in [5.41, 5.74) is 4.03. The van der Waals surface area contributed by atoms with E-state index in [0.29, 0.717) is 6.04 Å². The molecule has 0 radical (unpaired) electrons. The Hall–Kier alpha value is -2.38. The molecule has 1 nitrogen and oxygen atoms in total. The summed E-state index contributed by atoms with van der Waals surface area (Å²) in [7, 11) is 0. The number of rotatable bonds is 6. The lowest BCUT2D eigenvalue weighted by atomic mass is 9.95. The van der Waals surface area contributed by atoms with Crippen molar-refractivity contribution in [2.75, 3.05) is 0 Å². The Kier molecular flexibility index (Phi) is 5.45. The van der Waals surface area contributed by atoms with Gasteiger partial charge in [0.1, 0.15) is 0 Å². The third kappa shape index (κ3) is 3.93. The molecule has 0 bridgehead atoms. The standard InChI is InChI=1S/C23H25N/c1-19(2)24(18-20-12-6-3-7-13-20)23(21-14-8-4-9-15-21)22-16-10-5-11-17-22/h3-17,19,23H,18H2,1-2H3. The first kappa shape index (κ1) is 16.5. The second-order valence-electron chi connectivity index (χ2n) is 6.48. The Morgan fingerprint density at radius 2 is 1.04 bits per heavy atom. The second kappa shape index (κ2) is 7.94. The van der Waals surface area contributed by atoms with E-state index in [1.807, 2.05) is 0 Å². The zero-order valence-electron chi connectivity index (χ0n) is 14.5. The summed E-state index contributed by atoms with van der Waals surface area (Å²) >= 11 is 0. The molecule has 3 aromatic carbocycles. The van der Waals surface area contributed by atoms with Gasteiger partial charge < -0.3 is 0 Å². The smallest absolute Gasteiger partial charge is 0.0607 e. The van der Waals surface area contributed by atoms with Crippen LogP contribution in [0.25, 0.3) is 0 Å². The maximum atomic E-state index is 2.57. The SMILES string of the molecule is CC(C)N(Cc1ccccc1)C(c1ccccc1)c1ccccc1. The first-order valence-corrected chi connectivity index (χ1v) is 8.65. The maximum Gasteiger partial charge on any atom is 0.0607 e. The Labute approximate surface area is 145 Å². The highest BCUT2D eigenvalue weighted by Crippen LogP contribution is 2.31. The highest BCUT2D eigenvalue weighted by molar-refractivity contribution is 5.32. The van der Waals surface area contributed by atoms with Crippen LogP contribution in [0.5, 0.6) is 0 Å².